The molecular weight excluding hydrogens is 322 g/mol. The molecule has 0 unspecified atom stereocenters. The molecule has 4 heteroatoms. The zero-order valence-electron chi connectivity index (χ0n) is 15.4. The molecule has 134 valence electrons. The predicted molar refractivity (Wildman–Crippen MR) is 105 cm³/mol. The van der Waals surface area contributed by atoms with Crippen LogP contribution in [-0.2, 0) is 7.05 Å². The average molecular weight is 347 g/mol. The molecule has 1 aromatic heterocycles. The summed E-state index contributed by atoms with van der Waals surface area (Å²) in [7, 11) is 1.81. The Morgan fingerprint density at radius 1 is 1.04 bits per heavy atom. The van der Waals surface area contributed by atoms with Crippen LogP contribution in [0.4, 0.5) is 5.69 Å². The maximum absolute atomic E-state index is 12.8. The van der Waals surface area contributed by atoms with Crippen LogP contribution in [0.3, 0.4) is 0 Å². The first-order chi connectivity index (χ1) is 12.6. The number of benzene rings is 2. The molecule has 0 radical (unpaired) electrons. The van der Waals surface area contributed by atoms with E-state index in [0.717, 1.165) is 22.5 Å². The highest BCUT2D eigenvalue weighted by Gasteiger charge is 2.20. The van der Waals surface area contributed by atoms with Crippen LogP contribution in [0.2, 0.25) is 0 Å². The fourth-order valence-electron chi connectivity index (χ4n) is 4.04. The van der Waals surface area contributed by atoms with Crippen LogP contribution in [0.1, 0.15) is 54.6 Å². The number of hydrogen-bond donors (Lipinski definition) is 1. The maximum Gasteiger partial charge on any atom is 0.274 e. The third kappa shape index (κ3) is 3.24. The van der Waals surface area contributed by atoms with E-state index < -0.39 is 0 Å². The van der Waals surface area contributed by atoms with E-state index in [1.54, 1.807) is 4.68 Å². The summed E-state index contributed by atoms with van der Waals surface area (Å²) in [5, 5.41) is 8.30. The predicted octanol–water partition coefficient (Wildman–Crippen LogP) is 5.12. The summed E-state index contributed by atoms with van der Waals surface area (Å²) >= 11 is 0. The number of fused-ring (bicyclic) bond motifs is 1. The van der Waals surface area contributed by atoms with Gasteiger partial charge >= 0.3 is 0 Å². The molecule has 4 rings (SSSR count). The first-order valence-corrected chi connectivity index (χ1v) is 9.45. The Labute approximate surface area is 154 Å². The highest BCUT2D eigenvalue weighted by Crippen LogP contribution is 2.35. The summed E-state index contributed by atoms with van der Waals surface area (Å²) in [5.41, 5.74) is 3.64. The maximum atomic E-state index is 12.8. The molecular formula is C22H25N3O. The minimum absolute atomic E-state index is 0.125. The van der Waals surface area contributed by atoms with Gasteiger partial charge in [-0.2, -0.15) is 5.10 Å². The number of carbonyl (C=O) groups is 1. The van der Waals surface area contributed by atoms with E-state index in [9.17, 15) is 4.79 Å². The van der Waals surface area contributed by atoms with Gasteiger partial charge in [-0.25, -0.2) is 0 Å². The average Bonchev–Trinajstić information content (AvgIpc) is 2.99. The van der Waals surface area contributed by atoms with Crippen LogP contribution in [0, 0.1) is 5.92 Å². The number of anilines is 1. The lowest BCUT2D eigenvalue weighted by Crippen LogP contribution is -2.16. The molecule has 3 aromatic rings. The van der Waals surface area contributed by atoms with Crippen LogP contribution in [0.5, 0.6) is 0 Å². The highest BCUT2D eigenvalue weighted by molar-refractivity contribution is 6.11. The Morgan fingerprint density at radius 3 is 2.46 bits per heavy atom. The number of carbonyl (C=O) groups excluding carboxylic acids is 1. The monoisotopic (exact) mass is 347 g/mol. The topological polar surface area (TPSA) is 46.9 Å². The van der Waals surface area contributed by atoms with Crippen molar-refractivity contribution in [2.24, 2.45) is 13.0 Å². The Morgan fingerprint density at radius 2 is 1.73 bits per heavy atom. The minimum atomic E-state index is -0.125. The van der Waals surface area contributed by atoms with Gasteiger partial charge in [0.2, 0.25) is 0 Å². The summed E-state index contributed by atoms with van der Waals surface area (Å²) in [6.07, 6.45) is 5.18. The van der Waals surface area contributed by atoms with E-state index in [1.807, 2.05) is 43.4 Å². The first-order valence-electron chi connectivity index (χ1n) is 9.45. The van der Waals surface area contributed by atoms with E-state index in [4.69, 9.17) is 0 Å². The Hall–Kier alpha value is -2.62. The molecule has 4 nitrogen and oxygen atoms in total. The fourth-order valence-corrected chi connectivity index (χ4v) is 4.04. The van der Waals surface area contributed by atoms with Gasteiger partial charge in [0.05, 0.1) is 5.52 Å². The van der Waals surface area contributed by atoms with Crippen molar-refractivity contribution < 1.29 is 4.79 Å². The largest absolute Gasteiger partial charge is 0.321 e. The third-order valence-electron chi connectivity index (χ3n) is 5.61. The second-order valence-corrected chi connectivity index (χ2v) is 7.52. The lowest BCUT2D eigenvalue weighted by Gasteiger charge is -2.26. The van der Waals surface area contributed by atoms with Gasteiger partial charge in [0.25, 0.3) is 5.91 Å². The normalized spacial score (nSPS) is 20.2. The van der Waals surface area contributed by atoms with Crippen molar-refractivity contribution in [1.29, 1.82) is 0 Å². The van der Waals surface area contributed by atoms with Gasteiger partial charge in [0.15, 0.2) is 0 Å². The van der Waals surface area contributed by atoms with E-state index in [1.165, 1.54) is 31.2 Å². The molecule has 0 spiro atoms. The zero-order chi connectivity index (χ0) is 18.1. The van der Waals surface area contributed by atoms with Gasteiger partial charge in [-0.1, -0.05) is 50.1 Å². The van der Waals surface area contributed by atoms with Crippen molar-refractivity contribution in [2.75, 3.05) is 5.32 Å². The van der Waals surface area contributed by atoms with Gasteiger partial charge < -0.3 is 5.32 Å². The SMILES string of the molecule is CC1CCC(c2ccc(NC(=O)c3c4ccccc4nn3C)cc2)CC1. The van der Waals surface area contributed by atoms with E-state index in [-0.39, 0.29) is 5.91 Å². The molecule has 2 aromatic carbocycles. The Balaban J connectivity index is 1.50. The second kappa shape index (κ2) is 6.94. The summed E-state index contributed by atoms with van der Waals surface area (Å²) in [6.45, 7) is 2.34. The molecule has 0 atom stereocenters. The van der Waals surface area contributed by atoms with Crippen LogP contribution >= 0.6 is 0 Å². The van der Waals surface area contributed by atoms with E-state index >= 15 is 0 Å². The van der Waals surface area contributed by atoms with Gasteiger partial charge in [0, 0.05) is 18.1 Å². The van der Waals surface area contributed by atoms with Gasteiger partial charge in [-0.3, -0.25) is 9.48 Å². The summed E-state index contributed by atoms with van der Waals surface area (Å²) in [6, 6.07) is 16.1. The molecule has 0 aliphatic heterocycles. The molecule has 26 heavy (non-hydrogen) atoms. The molecule has 0 bridgehead atoms. The van der Waals surface area contributed by atoms with Crippen molar-refractivity contribution in [1.82, 2.24) is 9.78 Å². The molecule has 1 heterocycles. The summed E-state index contributed by atoms with van der Waals surface area (Å²) in [5.74, 6) is 1.40. The lowest BCUT2D eigenvalue weighted by molar-refractivity contribution is 0.101. The number of nitrogens with one attached hydrogen (secondary N) is 1. The van der Waals surface area contributed by atoms with Gasteiger partial charge in [-0.15, -0.1) is 0 Å². The third-order valence-corrected chi connectivity index (χ3v) is 5.61. The van der Waals surface area contributed by atoms with Crippen LogP contribution in [0.25, 0.3) is 10.9 Å². The Kier molecular flexibility index (Phi) is 4.49. The molecule has 1 fully saturated rings. The van der Waals surface area contributed by atoms with E-state index in [2.05, 4.69) is 29.5 Å². The molecule has 1 saturated carbocycles. The number of hydrogen-bond acceptors (Lipinski definition) is 2. The first kappa shape index (κ1) is 16.8. The quantitative estimate of drug-likeness (QED) is 0.715. The molecule has 0 saturated heterocycles. The van der Waals surface area contributed by atoms with Crippen molar-refractivity contribution in [2.45, 2.75) is 38.5 Å². The van der Waals surface area contributed by atoms with Crippen LogP contribution in [-0.4, -0.2) is 15.7 Å². The molecule has 1 aliphatic rings. The smallest absolute Gasteiger partial charge is 0.274 e. The second-order valence-electron chi connectivity index (χ2n) is 7.52. The van der Waals surface area contributed by atoms with Crippen molar-refractivity contribution >= 4 is 22.5 Å². The van der Waals surface area contributed by atoms with Crippen molar-refractivity contribution in [3.63, 3.8) is 0 Å². The van der Waals surface area contributed by atoms with Gasteiger partial charge in [0.1, 0.15) is 5.69 Å². The van der Waals surface area contributed by atoms with Crippen LogP contribution in [0.15, 0.2) is 48.5 Å². The molecule has 1 aliphatic carbocycles. The molecule has 1 amide bonds. The number of rotatable bonds is 3. The summed E-state index contributed by atoms with van der Waals surface area (Å²) < 4.78 is 1.65. The van der Waals surface area contributed by atoms with E-state index in [0.29, 0.717) is 11.6 Å². The lowest BCUT2D eigenvalue weighted by atomic mass is 9.79. The highest BCUT2D eigenvalue weighted by atomic mass is 16.2. The van der Waals surface area contributed by atoms with Gasteiger partial charge in [-0.05, 0) is 48.4 Å². The minimum Gasteiger partial charge on any atom is -0.321 e. The number of aryl methyl sites for hydroxylation is 1. The van der Waals surface area contributed by atoms with Crippen LogP contribution < -0.4 is 5.32 Å². The summed E-state index contributed by atoms with van der Waals surface area (Å²) in [4.78, 5) is 12.8. The standard InChI is InChI=1S/C22H25N3O/c1-15-7-9-16(10-8-15)17-11-13-18(14-12-17)23-22(26)21-19-5-3-4-6-20(19)24-25(21)2/h3-6,11-16H,7-10H2,1-2H3,(H,23,26). The van der Waals surface area contributed by atoms with Crippen molar-refractivity contribution in [3.8, 4) is 0 Å². The Bertz CT molecular complexity index is 918. The number of aromatic nitrogens is 2. The zero-order valence-corrected chi connectivity index (χ0v) is 15.4. The number of nitrogens with zero attached hydrogens (tertiary/aromatic N) is 2. The molecule has 1 N–H and O–H groups in total. The fraction of sp³-hybridized carbons (Fsp3) is 0.364. The number of amides is 1. The van der Waals surface area contributed by atoms with Crippen molar-refractivity contribution in [3.05, 3.63) is 59.8 Å².